The van der Waals surface area contributed by atoms with E-state index in [4.69, 9.17) is 17.3 Å². The molecule has 1 heterocycles. The molecule has 9 heteroatoms. The van der Waals surface area contributed by atoms with Gasteiger partial charge in [0.05, 0.1) is 6.04 Å². The van der Waals surface area contributed by atoms with Crippen molar-refractivity contribution in [3.05, 3.63) is 34.9 Å². The van der Waals surface area contributed by atoms with Crippen LogP contribution in [0.25, 0.3) is 0 Å². The molecule has 3 amide bonds. The summed E-state index contributed by atoms with van der Waals surface area (Å²) in [5, 5.41) is 4.43. The lowest BCUT2D eigenvalue weighted by atomic mass is 9.90. The highest BCUT2D eigenvalue weighted by Gasteiger charge is 2.37. The number of halogens is 2. The van der Waals surface area contributed by atoms with Crippen LogP contribution in [0.5, 0.6) is 0 Å². The van der Waals surface area contributed by atoms with Crippen LogP contribution in [-0.4, -0.2) is 83.0 Å². The number of piperidine rings is 1. The molecule has 3 N–H and O–H groups in total. The number of nitrogens with two attached hydrogens (primary N) is 1. The molecule has 0 spiro atoms. The van der Waals surface area contributed by atoms with E-state index in [2.05, 4.69) is 24.1 Å². The number of likely N-dealkylation sites (tertiary alicyclic amines) is 1. The second-order valence-corrected chi connectivity index (χ2v) is 12.3. The van der Waals surface area contributed by atoms with Crippen LogP contribution in [0.15, 0.2) is 24.3 Å². The lowest BCUT2D eigenvalue weighted by Gasteiger charge is -2.45. The summed E-state index contributed by atoms with van der Waals surface area (Å²) in [4.78, 5) is 33.8. The Kier molecular flexibility index (Phi) is 13.3. The van der Waals surface area contributed by atoms with Gasteiger partial charge < -0.3 is 25.8 Å². The van der Waals surface area contributed by atoms with Gasteiger partial charge >= 0.3 is 6.03 Å². The molecule has 0 unspecified atom stereocenters. The average Bonchev–Trinajstić information content (AvgIpc) is 2.96. The van der Waals surface area contributed by atoms with Crippen molar-refractivity contribution in [1.82, 2.24) is 20.0 Å². The molecule has 1 aliphatic heterocycles. The van der Waals surface area contributed by atoms with E-state index >= 15 is 0 Å². The average molecular weight is 597 g/mol. The number of hydrogen-bond acceptors (Lipinski definition) is 4. The Balaban J connectivity index is 0.00000441. The first-order chi connectivity index (χ1) is 18.9. The van der Waals surface area contributed by atoms with Crippen molar-refractivity contribution in [3.8, 4) is 0 Å². The molecule has 7 nitrogen and oxygen atoms in total. The maximum absolute atomic E-state index is 13.9. The summed E-state index contributed by atoms with van der Waals surface area (Å²) in [6.45, 7) is 7.00. The van der Waals surface area contributed by atoms with E-state index < -0.39 is 0 Å². The molecule has 2 aliphatic carbocycles. The zero-order valence-corrected chi connectivity index (χ0v) is 26.1. The van der Waals surface area contributed by atoms with Gasteiger partial charge in [-0.25, -0.2) is 4.79 Å². The maximum atomic E-state index is 13.9. The molecule has 2 saturated carbocycles. The smallest absolute Gasteiger partial charge is 0.320 e. The molecular formula is C31H51Cl2N5O2. The Hall–Kier alpha value is -1.54. The minimum absolute atomic E-state index is 0. The van der Waals surface area contributed by atoms with Gasteiger partial charge in [-0.3, -0.25) is 4.79 Å². The van der Waals surface area contributed by atoms with E-state index in [9.17, 15) is 9.59 Å². The van der Waals surface area contributed by atoms with Crippen LogP contribution in [0.1, 0.15) is 90.0 Å². The molecule has 1 saturated heterocycles. The topological polar surface area (TPSA) is 81.9 Å². The maximum Gasteiger partial charge on any atom is 0.320 e. The molecule has 1 aromatic carbocycles. The van der Waals surface area contributed by atoms with Gasteiger partial charge in [0.1, 0.15) is 0 Å². The van der Waals surface area contributed by atoms with Crippen molar-refractivity contribution in [2.24, 2.45) is 5.73 Å². The lowest BCUT2D eigenvalue weighted by Crippen LogP contribution is -2.58. The third-order valence-corrected chi connectivity index (χ3v) is 9.50. The summed E-state index contributed by atoms with van der Waals surface area (Å²) >= 11 is 6.12. The highest BCUT2D eigenvalue weighted by molar-refractivity contribution is 6.30. The van der Waals surface area contributed by atoms with Gasteiger partial charge in [0, 0.05) is 55.4 Å². The lowest BCUT2D eigenvalue weighted by molar-refractivity contribution is -0.135. The predicted octanol–water partition coefficient (Wildman–Crippen LogP) is 5.62. The number of carbonyl (C=O) groups excluding carboxylic acids is 2. The van der Waals surface area contributed by atoms with Gasteiger partial charge in [-0.15, -0.1) is 12.4 Å². The van der Waals surface area contributed by atoms with Crippen LogP contribution < -0.4 is 11.1 Å². The van der Waals surface area contributed by atoms with Crippen LogP contribution >= 0.6 is 24.0 Å². The minimum Gasteiger partial charge on any atom is -0.341 e. The third-order valence-electron chi connectivity index (χ3n) is 9.25. The van der Waals surface area contributed by atoms with Crippen molar-refractivity contribution in [1.29, 1.82) is 0 Å². The highest BCUT2D eigenvalue weighted by atomic mass is 35.5. The molecular weight excluding hydrogens is 545 g/mol. The van der Waals surface area contributed by atoms with Crippen molar-refractivity contribution in [2.75, 3.05) is 26.2 Å². The summed E-state index contributed by atoms with van der Waals surface area (Å²) in [6.07, 6.45) is 12.2. The number of carbonyl (C=O) groups is 2. The van der Waals surface area contributed by atoms with Gasteiger partial charge in [-0.2, -0.15) is 0 Å². The fourth-order valence-electron chi connectivity index (χ4n) is 6.86. The first-order valence-corrected chi connectivity index (χ1v) is 15.9. The van der Waals surface area contributed by atoms with Gasteiger partial charge in [0.15, 0.2) is 0 Å². The molecule has 1 aromatic rings. The Morgan fingerprint density at radius 3 is 2.08 bits per heavy atom. The molecule has 40 heavy (non-hydrogen) atoms. The Labute approximate surface area is 252 Å². The molecule has 0 radical (unpaired) electrons. The van der Waals surface area contributed by atoms with Crippen LogP contribution in [0.4, 0.5) is 4.79 Å². The van der Waals surface area contributed by atoms with Crippen LogP contribution in [0.2, 0.25) is 5.02 Å². The minimum atomic E-state index is -0.270. The fraction of sp³-hybridized carbons (Fsp3) is 0.742. The zero-order chi connectivity index (χ0) is 27.8. The number of rotatable bonds is 9. The van der Waals surface area contributed by atoms with E-state index in [0.717, 1.165) is 70.0 Å². The third kappa shape index (κ3) is 8.73. The first-order valence-electron chi connectivity index (χ1n) is 15.5. The predicted molar refractivity (Wildman–Crippen MR) is 166 cm³/mol. The number of nitrogens with one attached hydrogen (secondary N) is 1. The van der Waals surface area contributed by atoms with Gasteiger partial charge in [0.2, 0.25) is 5.91 Å². The van der Waals surface area contributed by atoms with Gasteiger partial charge in [-0.05, 0) is 89.3 Å². The molecule has 226 valence electrons. The van der Waals surface area contributed by atoms with Gasteiger partial charge in [0.25, 0.3) is 0 Å². The van der Waals surface area contributed by atoms with Gasteiger partial charge in [-0.1, -0.05) is 43.0 Å². The number of amides is 3. The number of urea groups is 1. The summed E-state index contributed by atoms with van der Waals surface area (Å²) in [5.74, 6) is 0.178. The molecule has 3 fully saturated rings. The van der Waals surface area contributed by atoms with E-state index in [-0.39, 0.29) is 42.5 Å². The standard InChI is InChI=1S/C31H50ClN5O2.ClH/c1-3-35(4-2)31(39)37(27-8-6-5-7-9-27)28-18-20-36(21-19-28)30(38)29(22-23-10-12-24(32)13-11-23)34-26-16-14-25(33)15-17-26;/h10-13,25-29,34H,3-9,14-22,33H2,1-2H3;1H/t25?,26?,29-;/m1./s1. The molecule has 3 aliphatic rings. The Morgan fingerprint density at radius 2 is 1.50 bits per heavy atom. The van der Waals surface area contributed by atoms with E-state index in [0.29, 0.717) is 36.6 Å². The molecule has 0 aromatic heterocycles. The van der Waals surface area contributed by atoms with E-state index in [1.807, 2.05) is 34.1 Å². The van der Waals surface area contributed by atoms with Crippen molar-refractivity contribution < 1.29 is 9.59 Å². The van der Waals surface area contributed by atoms with Crippen molar-refractivity contribution >= 4 is 35.9 Å². The number of nitrogens with zero attached hydrogens (tertiary/aromatic N) is 3. The molecule has 4 rings (SSSR count). The highest BCUT2D eigenvalue weighted by Crippen LogP contribution is 2.29. The fourth-order valence-corrected chi connectivity index (χ4v) is 6.98. The monoisotopic (exact) mass is 595 g/mol. The van der Waals surface area contributed by atoms with Crippen LogP contribution in [0, 0.1) is 0 Å². The normalized spacial score (nSPS) is 23.2. The second-order valence-electron chi connectivity index (χ2n) is 11.9. The first kappa shape index (κ1) is 33.0. The summed E-state index contributed by atoms with van der Waals surface area (Å²) in [5.41, 5.74) is 7.26. The van der Waals surface area contributed by atoms with Crippen molar-refractivity contribution in [3.63, 3.8) is 0 Å². The van der Waals surface area contributed by atoms with E-state index in [1.165, 1.54) is 19.3 Å². The Bertz CT molecular complexity index is 907. The largest absolute Gasteiger partial charge is 0.341 e. The SMILES string of the molecule is CCN(CC)C(=O)N(C1CCCCC1)C1CCN(C(=O)[C@@H](Cc2ccc(Cl)cc2)NC2CCC(N)CC2)CC1.Cl. The quantitative estimate of drug-likeness (QED) is 0.388. The summed E-state index contributed by atoms with van der Waals surface area (Å²) in [7, 11) is 0. The molecule has 1 atom stereocenters. The Morgan fingerprint density at radius 1 is 0.925 bits per heavy atom. The van der Waals surface area contributed by atoms with Crippen molar-refractivity contribution in [2.45, 2.75) is 121 Å². The number of hydrogen-bond donors (Lipinski definition) is 2. The van der Waals surface area contributed by atoms with Crippen LogP contribution in [-0.2, 0) is 11.2 Å². The summed E-state index contributed by atoms with van der Waals surface area (Å²) in [6, 6.07) is 8.89. The zero-order valence-electron chi connectivity index (χ0n) is 24.5. The molecule has 0 bridgehead atoms. The van der Waals surface area contributed by atoms with Crippen LogP contribution in [0.3, 0.4) is 0 Å². The second kappa shape index (κ2) is 16.2. The summed E-state index contributed by atoms with van der Waals surface area (Å²) < 4.78 is 0. The van der Waals surface area contributed by atoms with E-state index in [1.54, 1.807) is 0 Å². The number of benzene rings is 1.